The lowest BCUT2D eigenvalue weighted by atomic mass is 10.2. The zero-order valence-electron chi connectivity index (χ0n) is 15.4. The summed E-state index contributed by atoms with van der Waals surface area (Å²) in [5.41, 5.74) is 5.60. The molecule has 0 aliphatic rings. The number of hydrazine groups is 1. The van der Waals surface area contributed by atoms with Crippen LogP contribution in [0.4, 0.5) is 0 Å². The van der Waals surface area contributed by atoms with Crippen molar-refractivity contribution in [3.05, 3.63) is 64.1 Å². The number of sulfonamides is 1. The lowest BCUT2D eigenvalue weighted by Crippen LogP contribution is -2.47. The van der Waals surface area contributed by atoms with Crippen LogP contribution in [0.3, 0.4) is 0 Å². The van der Waals surface area contributed by atoms with Crippen molar-refractivity contribution in [2.45, 2.75) is 11.8 Å². The minimum Gasteiger partial charge on any atom is -0.346 e. The molecule has 0 aliphatic heterocycles. The van der Waals surface area contributed by atoms with Crippen LogP contribution in [0.1, 0.15) is 15.9 Å². The number of hydrogen-bond acceptors (Lipinski definition) is 5. The second kappa shape index (κ2) is 10.1. The van der Waals surface area contributed by atoms with Gasteiger partial charge in [-0.3, -0.25) is 25.2 Å². The molecule has 0 aliphatic carbocycles. The molecule has 11 heteroatoms. The summed E-state index contributed by atoms with van der Waals surface area (Å²) in [6.07, 6.45) is 0. The van der Waals surface area contributed by atoms with Crippen LogP contribution >= 0.6 is 15.9 Å². The van der Waals surface area contributed by atoms with Gasteiger partial charge in [-0.15, -0.1) is 0 Å². The molecule has 2 aromatic carbocycles. The fraction of sp³-hybridized carbons (Fsp3) is 0.167. The number of hydrogen-bond donors (Lipinski definition) is 4. The minimum absolute atomic E-state index is 0.0318. The van der Waals surface area contributed by atoms with Gasteiger partial charge >= 0.3 is 0 Å². The second-order valence-electron chi connectivity index (χ2n) is 5.92. The molecule has 0 spiro atoms. The van der Waals surface area contributed by atoms with Gasteiger partial charge < -0.3 is 5.32 Å². The number of benzene rings is 2. The van der Waals surface area contributed by atoms with Crippen LogP contribution in [0.5, 0.6) is 0 Å². The molecule has 0 aromatic heterocycles. The molecule has 4 N–H and O–H groups in total. The van der Waals surface area contributed by atoms with Gasteiger partial charge in [0.25, 0.3) is 11.8 Å². The van der Waals surface area contributed by atoms with Crippen LogP contribution in [0.25, 0.3) is 0 Å². The Balaban J connectivity index is 1.72. The molecule has 0 unspecified atom stereocenters. The minimum atomic E-state index is -3.84. The number of halogens is 1. The van der Waals surface area contributed by atoms with Crippen molar-refractivity contribution >= 4 is 43.7 Å². The van der Waals surface area contributed by atoms with Gasteiger partial charge in [-0.05, 0) is 43.3 Å². The summed E-state index contributed by atoms with van der Waals surface area (Å²) in [5, 5.41) is 2.25. The molecule has 0 atom stereocenters. The fourth-order valence-corrected chi connectivity index (χ4v) is 3.29. The maximum atomic E-state index is 12.1. The van der Waals surface area contributed by atoms with E-state index in [9.17, 15) is 22.8 Å². The number of rotatable bonds is 7. The summed E-state index contributed by atoms with van der Waals surface area (Å²) in [6, 6.07) is 12.6. The average Bonchev–Trinajstić information content (AvgIpc) is 2.70. The van der Waals surface area contributed by atoms with Crippen molar-refractivity contribution in [1.82, 2.24) is 20.9 Å². The highest BCUT2D eigenvalue weighted by Crippen LogP contribution is 2.10. The molecule has 0 saturated carbocycles. The first kappa shape index (κ1) is 22.5. The second-order valence-corrected chi connectivity index (χ2v) is 8.61. The van der Waals surface area contributed by atoms with Crippen LogP contribution < -0.4 is 20.9 Å². The Morgan fingerprint density at radius 3 is 2.10 bits per heavy atom. The van der Waals surface area contributed by atoms with E-state index in [4.69, 9.17) is 0 Å². The Kier molecular flexibility index (Phi) is 7.88. The average molecular weight is 483 g/mol. The molecular formula is C18H19BrN4O5S. The summed E-state index contributed by atoms with van der Waals surface area (Å²) >= 11 is 3.25. The van der Waals surface area contributed by atoms with Crippen molar-refractivity contribution in [2.24, 2.45) is 0 Å². The smallest absolute Gasteiger partial charge is 0.269 e. The van der Waals surface area contributed by atoms with E-state index in [1.165, 1.54) is 12.1 Å². The Hall–Kier alpha value is -2.76. The first-order valence-electron chi connectivity index (χ1n) is 8.35. The van der Waals surface area contributed by atoms with E-state index in [1.807, 2.05) is 6.92 Å². The van der Waals surface area contributed by atoms with Gasteiger partial charge in [0.15, 0.2) is 0 Å². The van der Waals surface area contributed by atoms with Crippen molar-refractivity contribution in [2.75, 3.05) is 13.1 Å². The highest BCUT2D eigenvalue weighted by molar-refractivity contribution is 9.10. The van der Waals surface area contributed by atoms with Crippen molar-refractivity contribution in [3.63, 3.8) is 0 Å². The van der Waals surface area contributed by atoms with E-state index in [-0.39, 0.29) is 4.90 Å². The molecule has 9 nitrogen and oxygen atoms in total. The SMILES string of the molecule is Cc1ccc(S(=O)(=O)NCC(=O)NCC(=O)NNC(=O)c2ccc(Br)cc2)cc1. The third kappa shape index (κ3) is 7.29. The quantitative estimate of drug-likeness (QED) is 0.429. The summed E-state index contributed by atoms with van der Waals surface area (Å²) < 4.78 is 27.2. The van der Waals surface area contributed by atoms with Crippen molar-refractivity contribution in [3.8, 4) is 0 Å². The van der Waals surface area contributed by atoms with E-state index >= 15 is 0 Å². The molecule has 0 saturated heterocycles. The third-order valence-corrected chi connectivity index (χ3v) is 5.57. The largest absolute Gasteiger partial charge is 0.346 e. The van der Waals surface area contributed by atoms with Crippen LogP contribution in [0, 0.1) is 6.92 Å². The zero-order chi connectivity index (χ0) is 21.4. The number of carbonyl (C=O) groups excluding carboxylic acids is 3. The topological polar surface area (TPSA) is 133 Å². The normalized spacial score (nSPS) is 10.8. The van der Waals surface area contributed by atoms with Gasteiger partial charge in [0.1, 0.15) is 0 Å². The Morgan fingerprint density at radius 2 is 1.48 bits per heavy atom. The van der Waals surface area contributed by atoms with Crippen LogP contribution in [-0.2, 0) is 19.6 Å². The number of carbonyl (C=O) groups is 3. The van der Waals surface area contributed by atoms with Gasteiger partial charge in [-0.2, -0.15) is 0 Å². The molecule has 0 bridgehead atoms. The van der Waals surface area contributed by atoms with E-state index in [0.29, 0.717) is 5.56 Å². The molecule has 3 amide bonds. The Labute approximate surface area is 176 Å². The molecule has 2 rings (SSSR count). The highest BCUT2D eigenvalue weighted by atomic mass is 79.9. The van der Waals surface area contributed by atoms with E-state index in [0.717, 1.165) is 10.0 Å². The first-order chi connectivity index (χ1) is 13.7. The van der Waals surface area contributed by atoms with Crippen LogP contribution in [0.2, 0.25) is 0 Å². The lowest BCUT2D eigenvalue weighted by Gasteiger charge is -2.09. The Bertz CT molecular complexity index is 992. The van der Waals surface area contributed by atoms with E-state index < -0.39 is 40.8 Å². The summed E-state index contributed by atoms with van der Waals surface area (Å²) in [7, 11) is -3.84. The zero-order valence-corrected chi connectivity index (χ0v) is 17.8. The molecule has 154 valence electrons. The maximum absolute atomic E-state index is 12.1. The standard InChI is InChI=1S/C18H19BrN4O5S/c1-12-2-8-15(9-3-12)29(27,28)21-11-16(24)20-10-17(25)22-23-18(26)13-4-6-14(19)7-5-13/h2-9,21H,10-11H2,1H3,(H,20,24)(H,22,25)(H,23,26). The Morgan fingerprint density at radius 1 is 0.862 bits per heavy atom. The van der Waals surface area contributed by atoms with Gasteiger partial charge in [0.2, 0.25) is 15.9 Å². The van der Waals surface area contributed by atoms with Crippen molar-refractivity contribution < 1.29 is 22.8 Å². The fourth-order valence-electron chi connectivity index (χ4n) is 2.05. The monoisotopic (exact) mass is 482 g/mol. The molecule has 2 aromatic rings. The maximum Gasteiger partial charge on any atom is 0.269 e. The summed E-state index contributed by atoms with van der Waals surface area (Å²) in [5.74, 6) is -1.90. The van der Waals surface area contributed by atoms with E-state index in [2.05, 4.69) is 36.8 Å². The van der Waals surface area contributed by atoms with Crippen LogP contribution in [0.15, 0.2) is 57.9 Å². The molecule has 29 heavy (non-hydrogen) atoms. The molecule has 0 heterocycles. The molecular weight excluding hydrogens is 464 g/mol. The van der Waals surface area contributed by atoms with Gasteiger partial charge in [0, 0.05) is 10.0 Å². The van der Waals surface area contributed by atoms with Crippen molar-refractivity contribution in [1.29, 1.82) is 0 Å². The lowest BCUT2D eigenvalue weighted by molar-refractivity contribution is -0.125. The summed E-state index contributed by atoms with van der Waals surface area (Å²) in [6.45, 7) is 0.851. The number of amides is 3. The van der Waals surface area contributed by atoms with Gasteiger partial charge in [0.05, 0.1) is 18.0 Å². The van der Waals surface area contributed by atoms with Gasteiger partial charge in [-0.1, -0.05) is 33.6 Å². The number of aryl methyl sites for hydroxylation is 1. The van der Waals surface area contributed by atoms with Crippen LogP contribution in [-0.4, -0.2) is 39.2 Å². The third-order valence-electron chi connectivity index (χ3n) is 3.62. The highest BCUT2D eigenvalue weighted by Gasteiger charge is 2.15. The molecule has 0 fully saturated rings. The van der Waals surface area contributed by atoms with E-state index in [1.54, 1.807) is 36.4 Å². The predicted octanol–water partition coefficient (Wildman–Crippen LogP) is 0.613. The van der Waals surface area contributed by atoms with Gasteiger partial charge in [-0.25, -0.2) is 13.1 Å². The predicted molar refractivity (Wildman–Crippen MR) is 109 cm³/mol. The summed E-state index contributed by atoms with van der Waals surface area (Å²) in [4.78, 5) is 35.4. The first-order valence-corrected chi connectivity index (χ1v) is 10.6. The molecule has 0 radical (unpaired) electrons. The number of nitrogens with one attached hydrogen (secondary N) is 4.